The zero-order chi connectivity index (χ0) is 42.2. The summed E-state index contributed by atoms with van der Waals surface area (Å²) in [4.78, 5) is 2.79. The van der Waals surface area contributed by atoms with Crippen LogP contribution in [0.1, 0.15) is 122 Å². The van der Waals surface area contributed by atoms with Crippen molar-refractivity contribution in [1.29, 1.82) is 0 Å². The standard InChI is InChI=1S/C62H71N/c1-40(41-27-29-45(30-28-41)50-19-9-12-25-58(50)63-59-26-13-10-22-54(59)55-38-35-43-16-5-7-20-51(43)61(55)63)60(47-36-37-53-52-21-8-11-24-56(52)62(2,3)57(53)39-47)46-33-31-44(32-34-46)49-23-14-17-42-15-4-6-18-48(42)49/h5,7-17,19,21-22,25-27,33,35,38-40,44-45,47-49,51,53-54,56,59-60H,4,6,18,20,23-24,28-32,34,36-37H2,1-3H3. The van der Waals surface area contributed by atoms with E-state index >= 15 is 0 Å². The monoisotopic (exact) mass is 830 g/mol. The van der Waals surface area contributed by atoms with Crippen molar-refractivity contribution in [2.75, 3.05) is 4.90 Å². The first-order valence-electron chi connectivity index (χ1n) is 25.8. The van der Waals surface area contributed by atoms with E-state index < -0.39 is 0 Å². The maximum Gasteiger partial charge on any atom is 0.0626 e. The van der Waals surface area contributed by atoms with Gasteiger partial charge in [0.05, 0.1) is 6.04 Å². The minimum Gasteiger partial charge on any atom is -0.336 e. The number of fused-ring (bicyclic) bond motifs is 8. The Kier molecular flexibility index (Phi) is 10.4. The van der Waals surface area contributed by atoms with Crippen molar-refractivity contribution < 1.29 is 0 Å². The third kappa shape index (κ3) is 6.75. The molecule has 1 saturated carbocycles. The van der Waals surface area contributed by atoms with Gasteiger partial charge in [-0.2, -0.15) is 0 Å². The average Bonchev–Trinajstić information content (AvgIpc) is 3.80. The van der Waals surface area contributed by atoms with Crippen LogP contribution in [0.2, 0.25) is 0 Å². The van der Waals surface area contributed by atoms with Crippen LogP contribution in [0.4, 0.5) is 5.69 Å². The molecular formula is C62H71N. The van der Waals surface area contributed by atoms with Crippen molar-refractivity contribution in [1.82, 2.24) is 0 Å². The highest BCUT2D eigenvalue weighted by Gasteiger charge is 2.51. The minimum absolute atomic E-state index is 0.250. The van der Waals surface area contributed by atoms with Gasteiger partial charge in [-0.1, -0.05) is 171 Å². The number of allylic oxidation sites excluding steroid dienone is 22. The van der Waals surface area contributed by atoms with E-state index in [0.29, 0.717) is 53.4 Å². The molecule has 0 amide bonds. The van der Waals surface area contributed by atoms with E-state index in [1.165, 1.54) is 93.9 Å². The van der Waals surface area contributed by atoms with Crippen LogP contribution >= 0.6 is 0 Å². The van der Waals surface area contributed by atoms with Crippen molar-refractivity contribution in [3.63, 3.8) is 0 Å². The lowest BCUT2D eigenvalue weighted by Gasteiger charge is -2.43. The average molecular weight is 830 g/mol. The SMILES string of the molecule is CC(C1=CCC(c2ccccc2N2C3=C(C=CC4=CC=CCC43)C3C=CC=CC32)CC1)C(C1=CCC(C2CC=CC3=CCCCC32)CC1)C1C=C2C(CC1)C1=CC=CCC1C2(C)C. The highest BCUT2D eigenvalue weighted by molar-refractivity contribution is 5.70. The third-order valence-corrected chi connectivity index (χ3v) is 19.0. The molecule has 12 atom stereocenters. The summed E-state index contributed by atoms with van der Waals surface area (Å²) in [5.41, 5.74) is 16.6. The minimum atomic E-state index is 0.250. The molecule has 10 aliphatic carbocycles. The Hall–Kier alpha value is -4.36. The molecule has 1 fully saturated rings. The van der Waals surface area contributed by atoms with Crippen LogP contribution in [0.5, 0.6) is 0 Å². The molecule has 12 unspecified atom stereocenters. The predicted molar refractivity (Wildman–Crippen MR) is 265 cm³/mol. The maximum atomic E-state index is 2.90. The smallest absolute Gasteiger partial charge is 0.0626 e. The van der Waals surface area contributed by atoms with Gasteiger partial charge in [0.25, 0.3) is 0 Å². The molecule has 0 aromatic heterocycles. The van der Waals surface area contributed by atoms with Crippen LogP contribution in [-0.2, 0) is 0 Å². The number of hydrogen-bond donors (Lipinski definition) is 0. The summed E-state index contributed by atoms with van der Waals surface area (Å²) in [7, 11) is 0. The lowest BCUT2D eigenvalue weighted by Crippen LogP contribution is -2.36. The van der Waals surface area contributed by atoms with Gasteiger partial charge < -0.3 is 4.90 Å². The normalized spacial score (nSPS) is 36.7. The van der Waals surface area contributed by atoms with E-state index in [4.69, 9.17) is 0 Å². The molecule has 1 heteroatoms. The Morgan fingerprint density at radius 2 is 1.57 bits per heavy atom. The second-order valence-corrected chi connectivity index (χ2v) is 22.2. The second kappa shape index (κ2) is 16.3. The molecule has 1 aromatic carbocycles. The van der Waals surface area contributed by atoms with Gasteiger partial charge in [-0.05, 0) is 171 Å². The Labute approximate surface area is 380 Å². The fourth-order valence-corrected chi connectivity index (χ4v) is 15.9. The Morgan fingerprint density at radius 3 is 2.46 bits per heavy atom. The van der Waals surface area contributed by atoms with Crippen molar-refractivity contribution in [3.05, 3.63) is 184 Å². The number of para-hydroxylation sites is 1. The number of anilines is 1. The molecule has 12 rings (SSSR count). The zero-order valence-corrected chi connectivity index (χ0v) is 38.5. The molecule has 0 radical (unpaired) electrons. The van der Waals surface area contributed by atoms with Crippen molar-refractivity contribution in [3.8, 4) is 0 Å². The van der Waals surface area contributed by atoms with Crippen LogP contribution in [0.25, 0.3) is 0 Å². The van der Waals surface area contributed by atoms with E-state index in [1.807, 2.05) is 5.57 Å². The van der Waals surface area contributed by atoms with Gasteiger partial charge in [0.15, 0.2) is 0 Å². The van der Waals surface area contributed by atoms with Crippen LogP contribution in [-0.4, -0.2) is 6.04 Å². The number of nitrogens with zero attached hydrogens (tertiary/aromatic N) is 1. The summed E-state index contributed by atoms with van der Waals surface area (Å²) >= 11 is 0. The van der Waals surface area contributed by atoms with Gasteiger partial charge in [-0.25, -0.2) is 0 Å². The second-order valence-electron chi connectivity index (χ2n) is 22.2. The maximum absolute atomic E-state index is 2.90. The molecular weight excluding hydrogens is 759 g/mol. The molecule has 63 heavy (non-hydrogen) atoms. The lowest BCUT2D eigenvalue weighted by atomic mass is 9.62. The summed E-state index contributed by atoms with van der Waals surface area (Å²) in [6, 6.07) is 9.92. The summed E-state index contributed by atoms with van der Waals surface area (Å²) in [6.45, 7) is 7.84. The summed E-state index contributed by atoms with van der Waals surface area (Å²) in [5.74, 6) is 7.04. The Balaban J connectivity index is 0.845. The molecule has 1 heterocycles. The highest BCUT2D eigenvalue weighted by atomic mass is 15.2. The van der Waals surface area contributed by atoms with Gasteiger partial charge in [0, 0.05) is 29.1 Å². The van der Waals surface area contributed by atoms with Gasteiger partial charge in [0.2, 0.25) is 0 Å². The fraction of sp³-hybridized carbons (Fsp3) is 0.484. The van der Waals surface area contributed by atoms with E-state index in [-0.39, 0.29) is 5.41 Å². The first kappa shape index (κ1) is 40.2. The topological polar surface area (TPSA) is 3.24 Å². The quantitative estimate of drug-likeness (QED) is 0.248. The van der Waals surface area contributed by atoms with Crippen LogP contribution in [0, 0.1) is 64.6 Å². The highest BCUT2D eigenvalue weighted by Crippen LogP contribution is 2.61. The summed E-state index contributed by atoms with van der Waals surface area (Å²) in [6.07, 6.45) is 62.7. The van der Waals surface area contributed by atoms with E-state index in [2.05, 4.69) is 159 Å². The van der Waals surface area contributed by atoms with Crippen molar-refractivity contribution >= 4 is 5.69 Å². The van der Waals surface area contributed by atoms with E-state index in [1.54, 1.807) is 33.6 Å². The Morgan fingerprint density at radius 1 is 0.714 bits per heavy atom. The first-order chi connectivity index (χ1) is 30.9. The molecule has 0 spiro atoms. The van der Waals surface area contributed by atoms with Gasteiger partial charge in [0.1, 0.15) is 0 Å². The zero-order valence-electron chi connectivity index (χ0n) is 38.5. The van der Waals surface area contributed by atoms with Gasteiger partial charge in [-0.15, -0.1) is 0 Å². The summed E-state index contributed by atoms with van der Waals surface area (Å²) in [5, 5.41) is 0. The molecule has 0 N–H and O–H groups in total. The largest absolute Gasteiger partial charge is 0.336 e. The molecule has 1 nitrogen and oxygen atoms in total. The van der Waals surface area contributed by atoms with Gasteiger partial charge >= 0.3 is 0 Å². The van der Waals surface area contributed by atoms with E-state index in [0.717, 1.165) is 30.6 Å². The predicted octanol–water partition coefficient (Wildman–Crippen LogP) is 15.9. The number of hydrogen-bond acceptors (Lipinski definition) is 1. The van der Waals surface area contributed by atoms with Crippen molar-refractivity contribution in [2.45, 2.75) is 123 Å². The van der Waals surface area contributed by atoms with Crippen molar-refractivity contribution in [2.24, 2.45) is 64.6 Å². The molecule has 324 valence electrons. The molecule has 11 aliphatic rings. The van der Waals surface area contributed by atoms with Crippen LogP contribution in [0.3, 0.4) is 0 Å². The lowest BCUT2D eigenvalue weighted by molar-refractivity contribution is 0.207. The van der Waals surface area contributed by atoms with Crippen LogP contribution in [0.15, 0.2) is 178 Å². The number of rotatable bonds is 7. The molecule has 0 bridgehead atoms. The molecule has 0 saturated heterocycles. The summed E-state index contributed by atoms with van der Waals surface area (Å²) < 4.78 is 0. The number of benzene rings is 1. The fourth-order valence-electron chi connectivity index (χ4n) is 15.9. The molecule has 1 aromatic rings. The van der Waals surface area contributed by atoms with Crippen LogP contribution < -0.4 is 4.90 Å². The first-order valence-corrected chi connectivity index (χ1v) is 25.8. The molecule has 1 aliphatic heterocycles. The third-order valence-electron chi connectivity index (χ3n) is 19.0. The van der Waals surface area contributed by atoms with E-state index in [9.17, 15) is 0 Å². The van der Waals surface area contributed by atoms with Gasteiger partial charge in [-0.3, -0.25) is 0 Å². The Bertz CT molecular complexity index is 2430.